The zero-order valence-corrected chi connectivity index (χ0v) is 12.4. The van der Waals surface area contributed by atoms with E-state index in [1.807, 2.05) is 42.5 Å². The molecule has 0 aliphatic carbocycles. The van der Waals surface area contributed by atoms with E-state index in [0.29, 0.717) is 11.3 Å². The molecule has 3 rings (SSSR count). The first-order valence-electron chi connectivity index (χ1n) is 6.20. The lowest BCUT2D eigenvalue weighted by atomic mass is 10.1. The van der Waals surface area contributed by atoms with Gasteiger partial charge in [0.25, 0.3) is 0 Å². The van der Waals surface area contributed by atoms with Crippen LogP contribution in [0.15, 0.2) is 59.1 Å². The summed E-state index contributed by atoms with van der Waals surface area (Å²) in [6.07, 6.45) is 0. The fraction of sp³-hybridized carbons (Fsp3) is 0. The van der Waals surface area contributed by atoms with Gasteiger partial charge >= 0.3 is 5.97 Å². The van der Waals surface area contributed by atoms with Gasteiger partial charge in [-0.2, -0.15) is 0 Å². The monoisotopic (exact) mass is 343 g/mol. The van der Waals surface area contributed by atoms with Crippen LogP contribution in [0, 0.1) is 0 Å². The van der Waals surface area contributed by atoms with Gasteiger partial charge in [0.1, 0.15) is 11.3 Å². The van der Waals surface area contributed by atoms with Crippen LogP contribution in [0.3, 0.4) is 0 Å². The Bertz CT molecular complexity index is 833. The van der Waals surface area contributed by atoms with Gasteiger partial charge in [-0.05, 0) is 40.2 Å². The Labute approximate surface area is 129 Å². The number of nitrogens with zero attached hydrogens (tertiary/aromatic N) is 1. The second kappa shape index (κ2) is 5.54. The molecular formula is C16H10BrNO3. The topological polar surface area (TPSA) is 59.4 Å². The molecule has 1 N–H and O–H groups in total. The van der Waals surface area contributed by atoms with Gasteiger partial charge in [-0.15, -0.1) is 0 Å². The van der Waals surface area contributed by atoms with E-state index in [-0.39, 0.29) is 11.4 Å². The quantitative estimate of drug-likeness (QED) is 0.761. The number of benzene rings is 2. The Morgan fingerprint density at radius 3 is 2.57 bits per heavy atom. The number of hydrogen-bond acceptors (Lipinski definition) is 3. The molecule has 0 saturated carbocycles. The summed E-state index contributed by atoms with van der Waals surface area (Å²) in [7, 11) is 0. The van der Waals surface area contributed by atoms with E-state index in [0.717, 1.165) is 9.86 Å². The highest BCUT2D eigenvalue weighted by Gasteiger charge is 2.16. The third kappa shape index (κ3) is 2.73. The van der Waals surface area contributed by atoms with Crippen molar-refractivity contribution in [1.82, 2.24) is 4.98 Å². The molecular weight excluding hydrogens is 334 g/mol. The van der Waals surface area contributed by atoms with Crippen LogP contribution < -0.4 is 4.74 Å². The molecule has 4 nitrogen and oxygen atoms in total. The average molecular weight is 344 g/mol. The van der Waals surface area contributed by atoms with Crippen molar-refractivity contribution in [2.45, 2.75) is 0 Å². The number of pyridine rings is 1. The second-order valence-corrected chi connectivity index (χ2v) is 5.23. The van der Waals surface area contributed by atoms with Crippen LogP contribution in [0.25, 0.3) is 10.9 Å². The molecule has 5 heteroatoms. The first-order chi connectivity index (χ1) is 10.1. The summed E-state index contributed by atoms with van der Waals surface area (Å²) in [6, 6.07) is 16.1. The second-order valence-electron chi connectivity index (χ2n) is 4.37. The lowest BCUT2D eigenvalue weighted by Gasteiger charge is -2.10. The summed E-state index contributed by atoms with van der Waals surface area (Å²) in [5.41, 5.74) is 0.717. The van der Waals surface area contributed by atoms with Crippen molar-refractivity contribution in [2.75, 3.05) is 0 Å². The molecule has 0 atom stereocenters. The summed E-state index contributed by atoms with van der Waals surface area (Å²) < 4.78 is 6.40. The maximum absolute atomic E-state index is 11.4. The van der Waals surface area contributed by atoms with Gasteiger partial charge in [-0.25, -0.2) is 9.78 Å². The minimum Gasteiger partial charge on any atom is -0.477 e. The fourth-order valence-electron chi connectivity index (χ4n) is 1.96. The van der Waals surface area contributed by atoms with Crippen LogP contribution >= 0.6 is 15.9 Å². The van der Waals surface area contributed by atoms with Crippen molar-refractivity contribution in [2.24, 2.45) is 0 Å². The number of fused-ring (bicyclic) bond motifs is 1. The van der Waals surface area contributed by atoms with Crippen LogP contribution in [0.5, 0.6) is 11.6 Å². The van der Waals surface area contributed by atoms with Crippen LogP contribution in [0.1, 0.15) is 10.4 Å². The molecule has 21 heavy (non-hydrogen) atoms. The van der Waals surface area contributed by atoms with Crippen molar-refractivity contribution in [1.29, 1.82) is 0 Å². The van der Waals surface area contributed by atoms with E-state index in [9.17, 15) is 9.90 Å². The van der Waals surface area contributed by atoms with Gasteiger partial charge < -0.3 is 9.84 Å². The first kappa shape index (κ1) is 13.6. The highest BCUT2D eigenvalue weighted by Crippen LogP contribution is 2.31. The highest BCUT2D eigenvalue weighted by molar-refractivity contribution is 9.10. The van der Waals surface area contributed by atoms with Gasteiger partial charge in [0.2, 0.25) is 5.88 Å². The fourth-order valence-corrected chi connectivity index (χ4v) is 2.33. The first-order valence-corrected chi connectivity index (χ1v) is 7.00. The van der Waals surface area contributed by atoms with E-state index in [1.54, 1.807) is 12.1 Å². The molecule has 0 aliphatic rings. The van der Waals surface area contributed by atoms with Crippen molar-refractivity contribution in [3.63, 3.8) is 0 Å². The molecule has 0 fully saturated rings. The van der Waals surface area contributed by atoms with Crippen molar-refractivity contribution >= 4 is 32.8 Å². The van der Waals surface area contributed by atoms with Gasteiger partial charge in [0.05, 0.1) is 9.99 Å². The lowest BCUT2D eigenvalue weighted by molar-refractivity contribution is 0.0693. The predicted molar refractivity (Wildman–Crippen MR) is 82.9 cm³/mol. The summed E-state index contributed by atoms with van der Waals surface area (Å²) >= 11 is 3.36. The number of aromatic nitrogens is 1. The van der Waals surface area contributed by atoms with E-state index in [1.165, 1.54) is 0 Å². The normalized spacial score (nSPS) is 10.5. The molecule has 3 aromatic rings. The van der Waals surface area contributed by atoms with Crippen LogP contribution in [0.4, 0.5) is 0 Å². The summed E-state index contributed by atoms with van der Waals surface area (Å²) in [4.78, 5) is 15.7. The van der Waals surface area contributed by atoms with E-state index < -0.39 is 5.97 Å². The number of rotatable bonds is 3. The molecule has 104 valence electrons. The number of halogens is 1. The molecule has 0 bridgehead atoms. The maximum Gasteiger partial charge on any atom is 0.341 e. The number of para-hydroxylation sites is 2. The van der Waals surface area contributed by atoms with Crippen LogP contribution in [-0.2, 0) is 0 Å². The Kier molecular flexibility index (Phi) is 3.58. The predicted octanol–water partition coefficient (Wildman–Crippen LogP) is 4.49. The van der Waals surface area contributed by atoms with Gasteiger partial charge in [0.15, 0.2) is 0 Å². The maximum atomic E-state index is 11.4. The number of carboxylic acids is 1. The third-order valence-corrected chi connectivity index (χ3v) is 3.62. The number of ether oxygens (including phenoxy) is 1. The standard InChI is InChI=1S/C16H10BrNO3/c17-12-6-2-4-8-14(12)21-15-11(16(19)20)9-10-5-1-3-7-13(10)18-15/h1-9H,(H,19,20). The minimum absolute atomic E-state index is 0.0319. The molecule has 0 radical (unpaired) electrons. The number of hydrogen-bond donors (Lipinski definition) is 1. The molecule has 1 aromatic heterocycles. The average Bonchev–Trinajstić information content (AvgIpc) is 2.48. The zero-order chi connectivity index (χ0) is 14.8. The Morgan fingerprint density at radius 1 is 1.10 bits per heavy atom. The summed E-state index contributed by atoms with van der Waals surface area (Å²) in [5.74, 6) is -0.480. The highest BCUT2D eigenvalue weighted by atomic mass is 79.9. The largest absolute Gasteiger partial charge is 0.477 e. The van der Waals surface area contributed by atoms with Gasteiger partial charge in [-0.1, -0.05) is 30.3 Å². The summed E-state index contributed by atoms with van der Waals surface area (Å²) in [6.45, 7) is 0. The number of aromatic carboxylic acids is 1. The van der Waals surface area contributed by atoms with E-state index in [4.69, 9.17) is 4.74 Å². The van der Waals surface area contributed by atoms with Crippen molar-refractivity contribution in [3.05, 3.63) is 64.6 Å². The molecule has 0 spiro atoms. The molecule has 2 aromatic carbocycles. The Hall–Kier alpha value is -2.40. The summed E-state index contributed by atoms with van der Waals surface area (Å²) in [5, 5.41) is 10.1. The van der Waals surface area contributed by atoms with Crippen molar-refractivity contribution in [3.8, 4) is 11.6 Å². The molecule has 0 unspecified atom stereocenters. The SMILES string of the molecule is O=C(O)c1cc2ccccc2nc1Oc1ccccc1Br. The van der Waals surface area contributed by atoms with E-state index in [2.05, 4.69) is 20.9 Å². The van der Waals surface area contributed by atoms with Gasteiger partial charge in [-0.3, -0.25) is 0 Å². The van der Waals surface area contributed by atoms with Gasteiger partial charge in [0, 0.05) is 5.39 Å². The van der Waals surface area contributed by atoms with Crippen LogP contribution in [0.2, 0.25) is 0 Å². The lowest BCUT2D eigenvalue weighted by Crippen LogP contribution is -2.02. The van der Waals surface area contributed by atoms with Crippen molar-refractivity contribution < 1.29 is 14.6 Å². The number of carboxylic acid groups (broad SMARTS) is 1. The smallest absolute Gasteiger partial charge is 0.341 e. The van der Waals surface area contributed by atoms with Crippen LogP contribution in [-0.4, -0.2) is 16.1 Å². The molecule has 0 aliphatic heterocycles. The zero-order valence-electron chi connectivity index (χ0n) is 10.8. The van der Waals surface area contributed by atoms with E-state index >= 15 is 0 Å². The Balaban J connectivity index is 2.14. The number of carbonyl (C=O) groups is 1. The molecule has 0 amide bonds. The molecule has 1 heterocycles. The Morgan fingerprint density at radius 2 is 1.81 bits per heavy atom. The minimum atomic E-state index is -1.07. The third-order valence-electron chi connectivity index (χ3n) is 2.96. The molecule has 0 saturated heterocycles.